The Morgan fingerprint density at radius 1 is 1.29 bits per heavy atom. The summed E-state index contributed by atoms with van der Waals surface area (Å²) in [6.45, 7) is 2.76. The van der Waals surface area contributed by atoms with Gasteiger partial charge in [-0.25, -0.2) is 4.79 Å². The third kappa shape index (κ3) is 4.25. The molecule has 0 aromatic carbocycles. The number of Topliss-reactive ketones (excluding diaryl/α,β-unsaturated/α-hetero) is 1. The maximum atomic E-state index is 13.5. The number of aryl methyl sites for hydroxylation is 1. The summed E-state index contributed by atoms with van der Waals surface area (Å²) < 4.78 is 3.88. The van der Waals surface area contributed by atoms with Gasteiger partial charge in [-0.1, -0.05) is 12.0 Å². The molecule has 3 aromatic rings. The Labute approximate surface area is 196 Å². The maximum absolute atomic E-state index is 13.5. The first-order chi connectivity index (χ1) is 16.3. The minimum absolute atomic E-state index is 0.00884. The van der Waals surface area contributed by atoms with Gasteiger partial charge in [-0.2, -0.15) is 4.98 Å². The Kier molecular flexibility index (Phi) is 6.63. The molecule has 0 radical (unpaired) electrons. The van der Waals surface area contributed by atoms with Crippen molar-refractivity contribution in [2.45, 2.75) is 44.9 Å². The molecular formula is C23H28N8O3. The maximum Gasteiger partial charge on any atom is 0.332 e. The summed E-state index contributed by atoms with van der Waals surface area (Å²) in [7, 11) is 1.53. The molecule has 3 aromatic heterocycles. The molecule has 0 bridgehead atoms. The lowest BCUT2D eigenvalue weighted by Gasteiger charge is -2.31. The monoisotopic (exact) mass is 464 g/mol. The first kappa shape index (κ1) is 23.4. The molecule has 0 saturated carbocycles. The lowest BCUT2D eigenvalue weighted by atomic mass is 10.1. The van der Waals surface area contributed by atoms with Crippen molar-refractivity contribution in [3.63, 3.8) is 0 Å². The number of rotatable bonds is 6. The summed E-state index contributed by atoms with van der Waals surface area (Å²) in [6, 6.07) is 3.98. The molecule has 0 amide bonds. The van der Waals surface area contributed by atoms with Crippen molar-refractivity contribution in [2.75, 3.05) is 18.0 Å². The SMILES string of the molecule is CC#CCn1c(N2CCCC(N)C2)nc2c1c(=O)n(CC(=O)C(N)c1ccccn1)c(=O)n2C. The van der Waals surface area contributed by atoms with Crippen molar-refractivity contribution in [3.05, 3.63) is 50.9 Å². The summed E-state index contributed by atoms with van der Waals surface area (Å²) in [5.74, 6) is 5.85. The molecule has 11 nitrogen and oxygen atoms in total. The standard InChI is InChI=1S/C23H28N8O3/c1-3-4-12-30-19-20(27-22(30)29-11-7-8-15(24)13-29)28(2)23(34)31(21(19)33)14-17(32)18(25)16-9-5-6-10-26-16/h5-6,9-10,15,18H,7-8,11-14,24-25H2,1-2H3. The number of pyridine rings is 1. The highest BCUT2D eigenvalue weighted by atomic mass is 16.2. The van der Waals surface area contributed by atoms with Crippen molar-refractivity contribution in [1.82, 2.24) is 23.7 Å². The van der Waals surface area contributed by atoms with Crippen LogP contribution in [-0.2, 0) is 24.9 Å². The van der Waals surface area contributed by atoms with Crippen molar-refractivity contribution in [1.29, 1.82) is 0 Å². The van der Waals surface area contributed by atoms with Gasteiger partial charge >= 0.3 is 5.69 Å². The number of aromatic nitrogens is 5. The molecular weight excluding hydrogens is 436 g/mol. The average molecular weight is 465 g/mol. The molecule has 1 aliphatic rings. The molecule has 11 heteroatoms. The van der Waals surface area contributed by atoms with Gasteiger partial charge < -0.3 is 16.4 Å². The zero-order valence-electron chi connectivity index (χ0n) is 19.3. The van der Waals surface area contributed by atoms with E-state index in [9.17, 15) is 14.4 Å². The molecule has 34 heavy (non-hydrogen) atoms. The van der Waals surface area contributed by atoms with Gasteiger partial charge in [-0.3, -0.25) is 28.3 Å². The zero-order chi connectivity index (χ0) is 24.4. The van der Waals surface area contributed by atoms with E-state index in [0.29, 0.717) is 18.2 Å². The van der Waals surface area contributed by atoms with Crippen LogP contribution >= 0.6 is 0 Å². The van der Waals surface area contributed by atoms with E-state index < -0.39 is 29.6 Å². The van der Waals surface area contributed by atoms with Crippen molar-refractivity contribution in [2.24, 2.45) is 18.5 Å². The van der Waals surface area contributed by atoms with Crippen LogP contribution in [0.2, 0.25) is 0 Å². The first-order valence-electron chi connectivity index (χ1n) is 11.1. The van der Waals surface area contributed by atoms with E-state index in [0.717, 1.165) is 24.0 Å². The molecule has 2 atom stereocenters. The molecule has 4 rings (SSSR count). The van der Waals surface area contributed by atoms with Crippen LogP contribution in [0.15, 0.2) is 34.0 Å². The highest BCUT2D eigenvalue weighted by Gasteiger charge is 2.27. The van der Waals surface area contributed by atoms with Gasteiger partial charge in [0.25, 0.3) is 5.56 Å². The van der Waals surface area contributed by atoms with E-state index >= 15 is 0 Å². The van der Waals surface area contributed by atoms with E-state index in [1.165, 1.54) is 17.8 Å². The fourth-order valence-corrected chi connectivity index (χ4v) is 4.22. The van der Waals surface area contributed by atoms with Gasteiger partial charge in [0, 0.05) is 32.4 Å². The molecule has 4 heterocycles. The number of fused-ring (bicyclic) bond motifs is 1. The number of nitrogens with zero attached hydrogens (tertiary/aromatic N) is 6. The number of carbonyl (C=O) groups is 1. The molecule has 2 unspecified atom stereocenters. The minimum atomic E-state index is -1.06. The Balaban J connectivity index is 1.83. The van der Waals surface area contributed by atoms with E-state index in [1.54, 1.807) is 29.7 Å². The predicted octanol–water partition coefficient (Wildman–Crippen LogP) is -0.488. The second-order valence-electron chi connectivity index (χ2n) is 8.38. The third-order valence-electron chi connectivity index (χ3n) is 6.03. The van der Waals surface area contributed by atoms with Crippen LogP contribution in [0.4, 0.5) is 5.95 Å². The van der Waals surface area contributed by atoms with Gasteiger partial charge in [0.2, 0.25) is 5.95 Å². The summed E-state index contributed by atoms with van der Waals surface area (Å²) in [4.78, 5) is 50.2. The number of hydrogen-bond donors (Lipinski definition) is 2. The molecule has 4 N–H and O–H groups in total. The molecule has 0 spiro atoms. The highest BCUT2D eigenvalue weighted by Crippen LogP contribution is 2.22. The van der Waals surface area contributed by atoms with Crippen molar-refractivity contribution in [3.8, 4) is 11.8 Å². The van der Waals surface area contributed by atoms with Gasteiger partial charge in [0.15, 0.2) is 16.9 Å². The zero-order valence-corrected chi connectivity index (χ0v) is 19.3. The quantitative estimate of drug-likeness (QED) is 0.465. The average Bonchev–Trinajstić information content (AvgIpc) is 3.23. The van der Waals surface area contributed by atoms with Gasteiger partial charge in [0.1, 0.15) is 6.04 Å². The molecule has 1 fully saturated rings. The normalized spacial score (nSPS) is 16.8. The molecule has 0 aliphatic carbocycles. The lowest BCUT2D eigenvalue weighted by Crippen LogP contribution is -2.44. The smallest absolute Gasteiger partial charge is 0.332 e. The Hall–Kier alpha value is -3.75. The van der Waals surface area contributed by atoms with Crippen LogP contribution in [-0.4, -0.2) is 48.6 Å². The van der Waals surface area contributed by atoms with E-state index in [2.05, 4.69) is 21.8 Å². The second-order valence-corrected chi connectivity index (χ2v) is 8.38. The minimum Gasteiger partial charge on any atom is -0.341 e. The van der Waals surface area contributed by atoms with Gasteiger partial charge in [0.05, 0.1) is 18.8 Å². The highest BCUT2D eigenvalue weighted by molar-refractivity contribution is 5.84. The van der Waals surface area contributed by atoms with Crippen LogP contribution in [0.25, 0.3) is 11.2 Å². The van der Waals surface area contributed by atoms with Crippen LogP contribution in [0.5, 0.6) is 0 Å². The Bertz CT molecular complexity index is 1390. The lowest BCUT2D eigenvalue weighted by molar-refractivity contribution is -0.121. The summed E-state index contributed by atoms with van der Waals surface area (Å²) in [6.07, 6.45) is 3.34. The van der Waals surface area contributed by atoms with E-state index in [-0.39, 0.29) is 23.8 Å². The number of imidazole rings is 1. The molecule has 1 aliphatic heterocycles. The van der Waals surface area contributed by atoms with Crippen LogP contribution < -0.4 is 27.6 Å². The molecule has 1 saturated heterocycles. The second kappa shape index (κ2) is 9.62. The Morgan fingerprint density at radius 2 is 2.09 bits per heavy atom. The van der Waals surface area contributed by atoms with Crippen LogP contribution in [0.3, 0.4) is 0 Å². The summed E-state index contributed by atoms with van der Waals surface area (Å²) in [5, 5.41) is 0. The van der Waals surface area contributed by atoms with Gasteiger partial charge in [-0.05, 0) is 31.9 Å². The van der Waals surface area contributed by atoms with Gasteiger partial charge in [-0.15, -0.1) is 5.92 Å². The Morgan fingerprint density at radius 3 is 2.76 bits per heavy atom. The number of carbonyl (C=O) groups excluding carboxylic acids is 1. The van der Waals surface area contributed by atoms with Crippen molar-refractivity contribution >= 4 is 22.9 Å². The summed E-state index contributed by atoms with van der Waals surface area (Å²) >= 11 is 0. The first-order valence-corrected chi connectivity index (χ1v) is 11.1. The predicted molar refractivity (Wildman–Crippen MR) is 128 cm³/mol. The third-order valence-corrected chi connectivity index (χ3v) is 6.03. The number of ketones is 1. The fraction of sp³-hybridized carbons (Fsp3) is 0.435. The fourth-order valence-electron chi connectivity index (χ4n) is 4.22. The topological polar surface area (TPSA) is 147 Å². The summed E-state index contributed by atoms with van der Waals surface area (Å²) in [5.41, 5.74) is 11.8. The number of hydrogen-bond acceptors (Lipinski definition) is 8. The van der Waals surface area contributed by atoms with Crippen LogP contribution in [0.1, 0.15) is 31.5 Å². The van der Waals surface area contributed by atoms with Crippen molar-refractivity contribution < 1.29 is 4.79 Å². The largest absolute Gasteiger partial charge is 0.341 e. The van der Waals surface area contributed by atoms with E-state index in [1.807, 2.05) is 4.90 Å². The number of anilines is 1. The number of piperidine rings is 1. The van der Waals surface area contributed by atoms with E-state index in [4.69, 9.17) is 11.5 Å². The molecule has 178 valence electrons. The number of nitrogens with two attached hydrogens (primary N) is 2. The van der Waals surface area contributed by atoms with Crippen LogP contribution in [0, 0.1) is 11.8 Å².